The monoisotopic (exact) mass is 451 g/mol. The highest BCUT2D eigenvalue weighted by atomic mass is 35.5. The number of benzene rings is 2. The van der Waals surface area contributed by atoms with Crippen LogP contribution in [0.2, 0.25) is 5.02 Å². The summed E-state index contributed by atoms with van der Waals surface area (Å²) in [5.41, 5.74) is 5.79. The molecule has 2 aromatic carbocycles. The molecule has 3 aromatic rings. The summed E-state index contributed by atoms with van der Waals surface area (Å²) in [6.45, 7) is 5.80. The van der Waals surface area contributed by atoms with Gasteiger partial charge in [0.15, 0.2) is 0 Å². The van der Waals surface area contributed by atoms with Crippen molar-refractivity contribution in [3.63, 3.8) is 0 Å². The van der Waals surface area contributed by atoms with E-state index in [1.165, 1.54) is 0 Å². The molecule has 0 bridgehead atoms. The molecule has 0 atom stereocenters. The Bertz CT molecular complexity index is 1170. The third kappa shape index (κ3) is 5.11. The van der Waals surface area contributed by atoms with Crippen LogP contribution in [0.4, 0.5) is 16.2 Å². The molecular formula is C24H26ClN5O2. The number of carbonyl (C=O) groups excluding carboxylic acids is 2. The van der Waals surface area contributed by atoms with Gasteiger partial charge < -0.3 is 16.0 Å². The molecule has 1 aromatic heterocycles. The summed E-state index contributed by atoms with van der Waals surface area (Å²) in [6, 6.07) is 12.9. The van der Waals surface area contributed by atoms with Crippen LogP contribution < -0.4 is 16.0 Å². The van der Waals surface area contributed by atoms with Gasteiger partial charge in [0, 0.05) is 33.7 Å². The number of carbonyl (C=O) groups is 2. The van der Waals surface area contributed by atoms with Crippen LogP contribution in [0, 0.1) is 20.8 Å². The van der Waals surface area contributed by atoms with Crippen LogP contribution in [-0.4, -0.2) is 27.8 Å². The Kier molecular flexibility index (Phi) is 6.19. The van der Waals surface area contributed by atoms with Gasteiger partial charge in [-0.2, -0.15) is 5.10 Å². The number of amides is 3. The zero-order valence-corrected chi connectivity index (χ0v) is 19.1. The van der Waals surface area contributed by atoms with E-state index in [4.69, 9.17) is 11.6 Å². The quantitative estimate of drug-likeness (QED) is 0.497. The van der Waals surface area contributed by atoms with Gasteiger partial charge in [-0.1, -0.05) is 17.7 Å². The van der Waals surface area contributed by atoms with E-state index >= 15 is 0 Å². The van der Waals surface area contributed by atoms with Gasteiger partial charge in [-0.25, -0.2) is 9.48 Å². The van der Waals surface area contributed by atoms with Crippen molar-refractivity contribution >= 4 is 34.9 Å². The molecule has 0 unspecified atom stereocenters. The summed E-state index contributed by atoms with van der Waals surface area (Å²) in [6.07, 6.45) is 2.28. The van der Waals surface area contributed by atoms with Crippen LogP contribution in [-0.2, 0) is 11.2 Å². The van der Waals surface area contributed by atoms with E-state index in [1.807, 2.05) is 43.7 Å². The number of hydrogen-bond donors (Lipinski definition) is 3. The molecule has 8 heteroatoms. The fourth-order valence-corrected chi connectivity index (χ4v) is 3.65. The largest absolute Gasteiger partial charge is 0.335 e. The number of aromatic nitrogens is 2. The number of aryl methyl sites for hydroxylation is 2. The predicted molar refractivity (Wildman–Crippen MR) is 127 cm³/mol. The fraction of sp³-hybridized carbons (Fsp3) is 0.292. The van der Waals surface area contributed by atoms with Crippen molar-refractivity contribution in [1.82, 2.24) is 15.1 Å². The van der Waals surface area contributed by atoms with Gasteiger partial charge in [-0.3, -0.25) is 4.79 Å². The molecule has 1 heterocycles. The van der Waals surface area contributed by atoms with Crippen molar-refractivity contribution in [3.05, 3.63) is 70.0 Å². The maximum atomic E-state index is 12.7. The number of anilines is 2. The van der Waals surface area contributed by atoms with Crippen LogP contribution in [0.5, 0.6) is 0 Å². The maximum absolute atomic E-state index is 12.7. The highest BCUT2D eigenvalue weighted by Crippen LogP contribution is 2.24. The van der Waals surface area contributed by atoms with Crippen LogP contribution >= 0.6 is 11.6 Å². The van der Waals surface area contributed by atoms with E-state index in [2.05, 4.69) is 21.0 Å². The van der Waals surface area contributed by atoms with Gasteiger partial charge >= 0.3 is 6.03 Å². The van der Waals surface area contributed by atoms with Crippen molar-refractivity contribution in [2.24, 2.45) is 0 Å². The van der Waals surface area contributed by atoms with Crippen molar-refractivity contribution in [3.8, 4) is 5.69 Å². The Balaban J connectivity index is 1.40. The SMILES string of the molecule is Cc1ccc(-n2nc(C)c(CC(=O)Nc3ccc(NC(=O)NC4CC4)cc3)c2C)cc1Cl. The van der Waals surface area contributed by atoms with Gasteiger partial charge in [0.25, 0.3) is 0 Å². The van der Waals surface area contributed by atoms with E-state index in [0.717, 1.165) is 41.0 Å². The molecule has 1 aliphatic rings. The Labute approximate surface area is 192 Å². The molecule has 0 saturated heterocycles. The van der Waals surface area contributed by atoms with E-state index in [-0.39, 0.29) is 18.4 Å². The second-order valence-electron chi connectivity index (χ2n) is 8.17. The van der Waals surface area contributed by atoms with Gasteiger partial charge in [-0.05, 0) is 75.6 Å². The Morgan fingerprint density at radius 3 is 2.31 bits per heavy atom. The third-order valence-corrected chi connectivity index (χ3v) is 5.92. The molecule has 4 rings (SSSR count). The Morgan fingerprint density at radius 2 is 1.69 bits per heavy atom. The second kappa shape index (κ2) is 9.04. The molecule has 166 valence electrons. The minimum atomic E-state index is -0.206. The van der Waals surface area contributed by atoms with Crippen LogP contribution in [0.25, 0.3) is 5.69 Å². The summed E-state index contributed by atoms with van der Waals surface area (Å²) in [4.78, 5) is 24.5. The van der Waals surface area contributed by atoms with Crippen molar-refractivity contribution in [2.75, 3.05) is 10.6 Å². The molecule has 0 aliphatic heterocycles. The lowest BCUT2D eigenvalue weighted by Gasteiger charge is -2.09. The molecule has 3 N–H and O–H groups in total. The van der Waals surface area contributed by atoms with Gasteiger partial charge in [0.05, 0.1) is 17.8 Å². The summed E-state index contributed by atoms with van der Waals surface area (Å²) in [5, 5.41) is 13.9. The number of halogens is 1. The second-order valence-corrected chi connectivity index (χ2v) is 8.58. The molecule has 32 heavy (non-hydrogen) atoms. The minimum Gasteiger partial charge on any atom is -0.335 e. The van der Waals surface area contributed by atoms with Gasteiger partial charge in [0.1, 0.15) is 0 Å². The lowest BCUT2D eigenvalue weighted by molar-refractivity contribution is -0.115. The third-order valence-electron chi connectivity index (χ3n) is 5.52. The summed E-state index contributed by atoms with van der Waals surface area (Å²) >= 11 is 6.27. The average molecular weight is 452 g/mol. The first-order chi connectivity index (χ1) is 15.3. The zero-order valence-electron chi connectivity index (χ0n) is 18.3. The van der Waals surface area contributed by atoms with Gasteiger partial charge in [-0.15, -0.1) is 0 Å². The van der Waals surface area contributed by atoms with Crippen molar-refractivity contribution in [2.45, 2.75) is 46.1 Å². The molecule has 0 spiro atoms. The van der Waals surface area contributed by atoms with Crippen LogP contribution in [0.15, 0.2) is 42.5 Å². The molecule has 1 saturated carbocycles. The van der Waals surface area contributed by atoms with Gasteiger partial charge in [0.2, 0.25) is 5.91 Å². The standard InChI is InChI=1S/C24H26ClN5O2/c1-14-4-11-20(12-22(14)25)30-16(3)21(15(2)29-30)13-23(31)26-17-5-7-18(8-6-17)27-24(32)28-19-9-10-19/h4-8,11-12,19H,9-10,13H2,1-3H3,(H,26,31)(H2,27,28,32). The number of nitrogens with zero attached hydrogens (tertiary/aromatic N) is 2. The van der Waals surface area contributed by atoms with Crippen LogP contribution in [0.1, 0.15) is 35.4 Å². The topological polar surface area (TPSA) is 88.1 Å². The molecule has 3 amide bonds. The first kappa shape index (κ1) is 21.9. The summed E-state index contributed by atoms with van der Waals surface area (Å²) < 4.78 is 1.82. The van der Waals surface area contributed by atoms with Crippen LogP contribution in [0.3, 0.4) is 0 Å². The Morgan fingerprint density at radius 1 is 1.03 bits per heavy atom. The van der Waals surface area contributed by atoms with Crippen molar-refractivity contribution < 1.29 is 9.59 Å². The maximum Gasteiger partial charge on any atom is 0.319 e. The predicted octanol–water partition coefficient (Wildman–Crippen LogP) is 4.92. The lowest BCUT2D eigenvalue weighted by Crippen LogP contribution is -2.30. The fourth-order valence-electron chi connectivity index (χ4n) is 3.48. The molecule has 0 radical (unpaired) electrons. The lowest BCUT2D eigenvalue weighted by atomic mass is 10.1. The zero-order chi connectivity index (χ0) is 22.8. The molecule has 7 nitrogen and oxygen atoms in total. The van der Waals surface area contributed by atoms with E-state index in [9.17, 15) is 9.59 Å². The normalized spacial score (nSPS) is 13.0. The highest BCUT2D eigenvalue weighted by Gasteiger charge is 2.23. The smallest absolute Gasteiger partial charge is 0.319 e. The number of hydrogen-bond acceptors (Lipinski definition) is 3. The first-order valence-electron chi connectivity index (χ1n) is 10.6. The Hall–Kier alpha value is -3.32. The molecular weight excluding hydrogens is 426 g/mol. The molecule has 1 fully saturated rings. The summed E-state index contributed by atoms with van der Waals surface area (Å²) in [5.74, 6) is -0.134. The minimum absolute atomic E-state index is 0.134. The summed E-state index contributed by atoms with van der Waals surface area (Å²) in [7, 11) is 0. The number of urea groups is 1. The van der Waals surface area contributed by atoms with E-state index in [1.54, 1.807) is 24.3 Å². The number of nitrogens with one attached hydrogen (secondary N) is 3. The van der Waals surface area contributed by atoms with E-state index in [0.29, 0.717) is 22.4 Å². The molecule has 1 aliphatic carbocycles. The number of rotatable bonds is 6. The highest BCUT2D eigenvalue weighted by molar-refractivity contribution is 6.31. The first-order valence-corrected chi connectivity index (χ1v) is 11.0. The average Bonchev–Trinajstić information content (AvgIpc) is 3.52. The van der Waals surface area contributed by atoms with Crippen molar-refractivity contribution in [1.29, 1.82) is 0 Å². The van der Waals surface area contributed by atoms with E-state index < -0.39 is 0 Å².